The van der Waals surface area contributed by atoms with Crippen LogP contribution in [0.3, 0.4) is 0 Å². The minimum absolute atomic E-state index is 0.125. The summed E-state index contributed by atoms with van der Waals surface area (Å²) in [5.41, 5.74) is 0.249. The second-order valence-corrected chi connectivity index (χ2v) is 8.89. The maximum atomic E-state index is 5.97. The minimum Gasteiger partial charge on any atom is -0.233 e. The fraction of sp³-hybridized carbons (Fsp3) is 1.00. The van der Waals surface area contributed by atoms with E-state index >= 15 is 0 Å². The van der Waals surface area contributed by atoms with Crippen molar-refractivity contribution in [2.75, 3.05) is 0 Å². The molecule has 0 aliphatic rings. The first-order chi connectivity index (χ1) is 10.1. The molecule has 0 aliphatic carbocycles. The first kappa shape index (κ1) is 21.9. The Morgan fingerprint density at radius 1 is 0.591 bits per heavy atom. The van der Waals surface area contributed by atoms with Crippen molar-refractivity contribution in [1.82, 2.24) is 0 Å². The molecular weight excluding hydrogens is 272 g/mol. The Kier molecular flexibility index (Phi) is 10.6. The average Bonchev–Trinajstić information content (AvgIpc) is 2.37. The molecule has 22 heavy (non-hydrogen) atoms. The highest BCUT2D eigenvalue weighted by Crippen LogP contribution is 2.31. The van der Waals surface area contributed by atoms with Crippen LogP contribution >= 0.6 is 0 Å². The van der Waals surface area contributed by atoms with E-state index in [-0.39, 0.29) is 23.0 Å². The van der Waals surface area contributed by atoms with Crippen molar-refractivity contribution in [3.8, 4) is 0 Å². The van der Waals surface area contributed by atoms with Gasteiger partial charge in [-0.05, 0) is 23.7 Å². The Bertz CT molecular complexity index is 232. The van der Waals surface area contributed by atoms with Crippen LogP contribution in [0.15, 0.2) is 0 Å². The van der Waals surface area contributed by atoms with Gasteiger partial charge >= 0.3 is 0 Å². The molecular formula is C20H42O2. The third-order valence-corrected chi connectivity index (χ3v) is 4.36. The fourth-order valence-corrected chi connectivity index (χ4v) is 2.54. The minimum atomic E-state index is 0.125. The van der Waals surface area contributed by atoms with Crippen LogP contribution in [0.1, 0.15) is 107 Å². The Hall–Kier alpha value is -0.0800. The van der Waals surface area contributed by atoms with E-state index in [2.05, 4.69) is 55.4 Å². The van der Waals surface area contributed by atoms with Crippen molar-refractivity contribution < 1.29 is 9.78 Å². The van der Waals surface area contributed by atoms with Crippen LogP contribution in [0.25, 0.3) is 0 Å². The van der Waals surface area contributed by atoms with Crippen molar-refractivity contribution in [2.24, 2.45) is 10.8 Å². The van der Waals surface area contributed by atoms with Crippen LogP contribution in [-0.2, 0) is 9.78 Å². The molecule has 0 aliphatic heterocycles. The standard InChI is InChI=1S/C20H42O2/c1-9-11-13-15-17(19(3,4)5)21-22-18(20(6,7)8)16-14-12-10-2/h17-18H,9-16H2,1-8H3. The third-order valence-electron chi connectivity index (χ3n) is 4.36. The normalized spacial score (nSPS) is 15.8. The molecule has 2 heteroatoms. The summed E-state index contributed by atoms with van der Waals surface area (Å²) in [6.07, 6.45) is 10.0. The van der Waals surface area contributed by atoms with E-state index in [1.165, 1.54) is 38.5 Å². The van der Waals surface area contributed by atoms with Gasteiger partial charge in [0.1, 0.15) is 0 Å². The molecule has 0 spiro atoms. The van der Waals surface area contributed by atoms with Crippen LogP contribution in [-0.4, -0.2) is 12.2 Å². The van der Waals surface area contributed by atoms with Gasteiger partial charge in [0, 0.05) is 0 Å². The summed E-state index contributed by atoms with van der Waals surface area (Å²) in [7, 11) is 0. The van der Waals surface area contributed by atoms with E-state index in [0.29, 0.717) is 0 Å². The summed E-state index contributed by atoms with van der Waals surface area (Å²) in [5, 5.41) is 0. The van der Waals surface area contributed by atoms with Gasteiger partial charge < -0.3 is 0 Å². The van der Waals surface area contributed by atoms with Crippen molar-refractivity contribution in [2.45, 2.75) is 119 Å². The fourth-order valence-electron chi connectivity index (χ4n) is 2.54. The van der Waals surface area contributed by atoms with Gasteiger partial charge in [-0.3, -0.25) is 0 Å². The van der Waals surface area contributed by atoms with Gasteiger partial charge in [-0.25, -0.2) is 9.78 Å². The number of unbranched alkanes of at least 4 members (excludes halogenated alkanes) is 4. The molecule has 2 atom stereocenters. The summed E-state index contributed by atoms with van der Waals surface area (Å²) in [5.74, 6) is 0. The number of hydrogen-bond donors (Lipinski definition) is 0. The van der Waals surface area contributed by atoms with Crippen LogP contribution in [0.2, 0.25) is 0 Å². The molecule has 2 nitrogen and oxygen atoms in total. The SMILES string of the molecule is CCCCCC(OOC(CCCCC)C(C)(C)C)C(C)(C)C. The summed E-state index contributed by atoms with van der Waals surface area (Å²) < 4.78 is 0. The molecule has 0 N–H and O–H groups in total. The lowest BCUT2D eigenvalue weighted by Gasteiger charge is -2.35. The molecule has 0 saturated carbocycles. The van der Waals surface area contributed by atoms with Crippen LogP contribution in [0.4, 0.5) is 0 Å². The van der Waals surface area contributed by atoms with E-state index in [9.17, 15) is 0 Å². The molecule has 0 fully saturated rings. The maximum absolute atomic E-state index is 5.97. The van der Waals surface area contributed by atoms with Gasteiger partial charge in [0.05, 0.1) is 12.2 Å². The summed E-state index contributed by atoms with van der Waals surface area (Å²) in [6, 6.07) is 0. The molecule has 0 heterocycles. The van der Waals surface area contributed by atoms with E-state index in [0.717, 1.165) is 12.8 Å². The van der Waals surface area contributed by atoms with Gasteiger partial charge in [0.25, 0.3) is 0 Å². The molecule has 0 aromatic carbocycles. The number of rotatable bonds is 11. The molecule has 0 aromatic rings. The number of hydrogen-bond acceptors (Lipinski definition) is 2. The van der Waals surface area contributed by atoms with E-state index in [1.807, 2.05) is 0 Å². The van der Waals surface area contributed by atoms with Gasteiger partial charge in [-0.2, -0.15) is 0 Å². The maximum Gasteiger partial charge on any atom is 0.0978 e. The topological polar surface area (TPSA) is 18.5 Å². The first-order valence-corrected chi connectivity index (χ1v) is 9.45. The largest absolute Gasteiger partial charge is 0.233 e. The molecule has 0 saturated heterocycles. The Balaban J connectivity index is 4.53. The van der Waals surface area contributed by atoms with Crippen molar-refractivity contribution in [3.05, 3.63) is 0 Å². The predicted molar refractivity (Wildman–Crippen MR) is 96.9 cm³/mol. The van der Waals surface area contributed by atoms with Gasteiger partial charge in [0.2, 0.25) is 0 Å². The lowest BCUT2D eigenvalue weighted by atomic mass is 9.85. The van der Waals surface area contributed by atoms with Gasteiger partial charge in [-0.1, -0.05) is 93.9 Å². The lowest BCUT2D eigenvalue weighted by molar-refractivity contribution is -0.380. The quantitative estimate of drug-likeness (QED) is 0.234. The van der Waals surface area contributed by atoms with Gasteiger partial charge in [-0.15, -0.1) is 0 Å². The Morgan fingerprint density at radius 3 is 1.14 bits per heavy atom. The monoisotopic (exact) mass is 314 g/mol. The highest BCUT2D eigenvalue weighted by atomic mass is 17.2. The van der Waals surface area contributed by atoms with Crippen molar-refractivity contribution in [1.29, 1.82) is 0 Å². The van der Waals surface area contributed by atoms with Crippen LogP contribution < -0.4 is 0 Å². The van der Waals surface area contributed by atoms with Crippen LogP contribution in [0, 0.1) is 10.8 Å². The second-order valence-electron chi connectivity index (χ2n) is 8.89. The van der Waals surface area contributed by atoms with E-state index < -0.39 is 0 Å². The van der Waals surface area contributed by atoms with E-state index in [1.54, 1.807) is 0 Å². The van der Waals surface area contributed by atoms with E-state index in [4.69, 9.17) is 9.78 Å². The first-order valence-electron chi connectivity index (χ1n) is 9.45. The van der Waals surface area contributed by atoms with Crippen molar-refractivity contribution in [3.63, 3.8) is 0 Å². The Labute approximate surface area is 140 Å². The second kappa shape index (κ2) is 10.6. The molecule has 0 radical (unpaired) electrons. The molecule has 134 valence electrons. The zero-order valence-electron chi connectivity index (χ0n) is 16.6. The lowest BCUT2D eigenvalue weighted by Crippen LogP contribution is -2.35. The smallest absolute Gasteiger partial charge is 0.0978 e. The Morgan fingerprint density at radius 2 is 0.909 bits per heavy atom. The van der Waals surface area contributed by atoms with Crippen molar-refractivity contribution >= 4 is 0 Å². The molecule has 0 aromatic heterocycles. The molecule has 0 amide bonds. The highest BCUT2D eigenvalue weighted by Gasteiger charge is 2.31. The predicted octanol–water partition coefficient (Wildman–Crippen LogP) is 6.92. The molecule has 2 unspecified atom stereocenters. The summed E-state index contributed by atoms with van der Waals surface area (Å²) in [4.78, 5) is 11.9. The van der Waals surface area contributed by atoms with Gasteiger partial charge in [0.15, 0.2) is 0 Å². The summed E-state index contributed by atoms with van der Waals surface area (Å²) in [6.45, 7) is 18.0. The zero-order valence-corrected chi connectivity index (χ0v) is 16.6. The molecule has 0 rings (SSSR count). The highest BCUT2D eigenvalue weighted by molar-refractivity contribution is 4.76. The average molecular weight is 315 g/mol. The van der Waals surface area contributed by atoms with Crippen LogP contribution in [0.5, 0.6) is 0 Å². The zero-order chi connectivity index (χ0) is 17.2. The third kappa shape index (κ3) is 9.84. The summed E-state index contributed by atoms with van der Waals surface area (Å²) >= 11 is 0. The molecule has 0 bridgehead atoms.